The number of rotatable bonds is 2. The maximum absolute atomic E-state index is 11.9. The van der Waals surface area contributed by atoms with Gasteiger partial charge in [-0.1, -0.05) is 18.2 Å². The number of nitrogens with zero attached hydrogens (tertiary/aromatic N) is 2. The van der Waals surface area contributed by atoms with Crippen molar-refractivity contribution in [3.63, 3.8) is 0 Å². The van der Waals surface area contributed by atoms with E-state index in [1.54, 1.807) is 30.3 Å². The number of carbonyl (C=O) groups excluding carboxylic acids is 1. The van der Waals surface area contributed by atoms with E-state index in [-0.39, 0.29) is 11.7 Å². The molecule has 0 aliphatic carbocycles. The summed E-state index contributed by atoms with van der Waals surface area (Å²) in [5.74, 6) is -0.203. The second-order valence-electron chi connectivity index (χ2n) is 4.09. The minimum atomic E-state index is -0.490. The molecule has 19 heavy (non-hydrogen) atoms. The molecule has 0 fully saturated rings. The molecule has 0 aliphatic rings. The summed E-state index contributed by atoms with van der Waals surface area (Å²) in [5.41, 5.74) is -0.502. The zero-order valence-corrected chi connectivity index (χ0v) is 10.6. The number of anilines is 1. The third-order valence-corrected chi connectivity index (χ3v) is 2.80. The van der Waals surface area contributed by atoms with Crippen molar-refractivity contribution in [2.45, 2.75) is 0 Å². The summed E-state index contributed by atoms with van der Waals surface area (Å²) in [7, 11) is 2.87. The Kier molecular flexibility index (Phi) is 3.33. The molecule has 0 unspecified atom stereocenters. The number of aromatic nitrogens is 2. The molecule has 1 heterocycles. The van der Waals surface area contributed by atoms with Gasteiger partial charge in [-0.2, -0.15) is 0 Å². The molecule has 0 saturated carbocycles. The topological polar surface area (TPSA) is 73.1 Å². The SMILES string of the molecule is Cn1c(NC(=O)c2ccccc2)cc(=O)n(C)c1=O. The van der Waals surface area contributed by atoms with Crippen molar-refractivity contribution in [2.24, 2.45) is 14.1 Å². The lowest BCUT2D eigenvalue weighted by atomic mass is 10.2. The van der Waals surface area contributed by atoms with Crippen LogP contribution in [0.4, 0.5) is 5.82 Å². The molecule has 0 bridgehead atoms. The number of amides is 1. The fourth-order valence-corrected chi connectivity index (χ4v) is 1.63. The molecule has 2 aromatic rings. The molecule has 0 aliphatic heterocycles. The highest BCUT2D eigenvalue weighted by molar-refractivity contribution is 6.03. The highest BCUT2D eigenvalue weighted by Crippen LogP contribution is 2.04. The average Bonchev–Trinajstić information content (AvgIpc) is 2.43. The first kappa shape index (κ1) is 12.8. The summed E-state index contributed by atoms with van der Waals surface area (Å²) in [6.07, 6.45) is 0. The maximum atomic E-state index is 11.9. The molecule has 1 amide bonds. The molecule has 6 nitrogen and oxygen atoms in total. The summed E-state index contributed by atoms with van der Waals surface area (Å²) in [6.45, 7) is 0. The Morgan fingerprint density at radius 3 is 2.32 bits per heavy atom. The van der Waals surface area contributed by atoms with E-state index < -0.39 is 11.2 Å². The third-order valence-electron chi connectivity index (χ3n) is 2.80. The quantitative estimate of drug-likeness (QED) is 0.845. The lowest BCUT2D eigenvalue weighted by Crippen LogP contribution is -2.38. The Morgan fingerprint density at radius 1 is 1.05 bits per heavy atom. The van der Waals surface area contributed by atoms with Gasteiger partial charge in [0.25, 0.3) is 11.5 Å². The van der Waals surface area contributed by atoms with Gasteiger partial charge >= 0.3 is 5.69 Å². The van der Waals surface area contributed by atoms with Crippen LogP contribution in [0.15, 0.2) is 46.0 Å². The van der Waals surface area contributed by atoms with E-state index in [2.05, 4.69) is 5.32 Å². The van der Waals surface area contributed by atoms with E-state index in [4.69, 9.17) is 0 Å². The van der Waals surface area contributed by atoms with Gasteiger partial charge in [0.15, 0.2) is 0 Å². The van der Waals surface area contributed by atoms with E-state index >= 15 is 0 Å². The number of carbonyl (C=O) groups is 1. The lowest BCUT2D eigenvalue weighted by Gasteiger charge is -2.10. The van der Waals surface area contributed by atoms with Crippen molar-refractivity contribution < 1.29 is 4.79 Å². The molecule has 0 radical (unpaired) electrons. The first-order valence-electron chi connectivity index (χ1n) is 5.64. The van der Waals surface area contributed by atoms with Crippen LogP contribution < -0.4 is 16.6 Å². The van der Waals surface area contributed by atoms with Gasteiger partial charge in [0.2, 0.25) is 0 Å². The minimum absolute atomic E-state index is 0.168. The Hall–Kier alpha value is -2.63. The van der Waals surface area contributed by atoms with Crippen LogP contribution in [-0.2, 0) is 14.1 Å². The predicted molar refractivity (Wildman–Crippen MR) is 71.3 cm³/mol. The summed E-state index contributed by atoms with van der Waals surface area (Å²) in [6, 6.07) is 9.77. The zero-order chi connectivity index (χ0) is 14.0. The van der Waals surface area contributed by atoms with Crippen LogP contribution in [0.3, 0.4) is 0 Å². The summed E-state index contributed by atoms with van der Waals surface area (Å²) in [5, 5.41) is 2.55. The number of benzene rings is 1. The van der Waals surface area contributed by atoms with Gasteiger partial charge in [0, 0.05) is 25.7 Å². The lowest BCUT2D eigenvalue weighted by molar-refractivity contribution is 0.102. The highest BCUT2D eigenvalue weighted by Gasteiger charge is 2.10. The van der Waals surface area contributed by atoms with Crippen LogP contribution in [0.1, 0.15) is 10.4 Å². The van der Waals surface area contributed by atoms with Crippen LogP contribution in [0, 0.1) is 0 Å². The second-order valence-corrected chi connectivity index (χ2v) is 4.09. The van der Waals surface area contributed by atoms with Crippen molar-refractivity contribution in [1.82, 2.24) is 9.13 Å². The molecular formula is C13H13N3O3. The zero-order valence-electron chi connectivity index (χ0n) is 10.6. The van der Waals surface area contributed by atoms with Gasteiger partial charge in [-0.05, 0) is 12.1 Å². The van der Waals surface area contributed by atoms with E-state index in [0.29, 0.717) is 5.56 Å². The molecule has 0 saturated heterocycles. The van der Waals surface area contributed by atoms with Crippen LogP contribution in [0.2, 0.25) is 0 Å². The molecule has 1 aromatic heterocycles. The van der Waals surface area contributed by atoms with E-state index in [1.165, 1.54) is 24.7 Å². The largest absolute Gasteiger partial charge is 0.332 e. The smallest absolute Gasteiger partial charge is 0.308 e. The Balaban J connectivity index is 2.38. The molecular weight excluding hydrogens is 246 g/mol. The van der Waals surface area contributed by atoms with Gasteiger partial charge < -0.3 is 5.32 Å². The Morgan fingerprint density at radius 2 is 1.68 bits per heavy atom. The number of hydrogen-bond acceptors (Lipinski definition) is 3. The normalized spacial score (nSPS) is 10.2. The van der Waals surface area contributed by atoms with Crippen LogP contribution in [-0.4, -0.2) is 15.0 Å². The fourth-order valence-electron chi connectivity index (χ4n) is 1.63. The Bertz CT molecular complexity index is 729. The molecule has 98 valence electrons. The maximum Gasteiger partial charge on any atom is 0.332 e. The van der Waals surface area contributed by atoms with E-state index in [9.17, 15) is 14.4 Å². The third kappa shape index (κ3) is 2.47. The molecule has 6 heteroatoms. The van der Waals surface area contributed by atoms with Gasteiger partial charge in [0.1, 0.15) is 5.82 Å². The van der Waals surface area contributed by atoms with Gasteiger partial charge in [-0.3, -0.25) is 18.7 Å². The van der Waals surface area contributed by atoms with Crippen molar-refractivity contribution in [1.29, 1.82) is 0 Å². The molecule has 0 spiro atoms. The monoisotopic (exact) mass is 259 g/mol. The predicted octanol–water partition coefficient (Wildman–Crippen LogP) is 0.336. The van der Waals surface area contributed by atoms with Gasteiger partial charge in [-0.25, -0.2) is 4.79 Å². The molecule has 0 atom stereocenters. The Labute approximate surface area is 108 Å². The molecule has 1 N–H and O–H groups in total. The van der Waals surface area contributed by atoms with Crippen molar-refractivity contribution >= 4 is 11.7 Å². The average molecular weight is 259 g/mol. The van der Waals surface area contributed by atoms with E-state index in [1.807, 2.05) is 0 Å². The molecule has 2 rings (SSSR count). The van der Waals surface area contributed by atoms with E-state index in [0.717, 1.165) is 4.57 Å². The standard InChI is InChI=1S/C13H13N3O3/c1-15-10(8-11(17)16(2)13(15)19)14-12(18)9-6-4-3-5-7-9/h3-8H,1-2H3,(H,14,18). The number of nitrogens with one attached hydrogen (secondary N) is 1. The fraction of sp³-hybridized carbons (Fsp3) is 0.154. The summed E-state index contributed by atoms with van der Waals surface area (Å²) in [4.78, 5) is 35.2. The van der Waals surface area contributed by atoms with Gasteiger partial charge in [0.05, 0.1) is 0 Å². The number of hydrogen-bond donors (Lipinski definition) is 1. The van der Waals surface area contributed by atoms with Crippen LogP contribution in [0.25, 0.3) is 0 Å². The molecule has 1 aromatic carbocycles. The van der Waals surface area contributed by atoms with Crippen molar-refractivity contribution in [2.75, 3.05) is 5.32 Å². The van der Waals surface area contributed by atoms with Crippen LogP contribution in [0.5, 0.6) is 0 Å². The van der Waals surface area contributed by atoms with Crippen molar-refractivity contribution in [3.05, 3.63) is 62.8 Å². The first-order chi connectivity index (χ1) is 9.00. The van der Waals surface area contributed by atoms with Crippen LogP contribution >= 0.6 is 0 Å². The van der Waals surface area contributed by atoms with Gasteiger partial charge in [-0.15, -0.1) is 0 Å². The first-order valence-corrected chi connectivity index (χ1v) is 5.64. The second kappa shape index (κ2) is 4.93. The summed E-state index contributed by atoms with van der Waals surface area (Å²) < 4.78 is 2.18. The summed E-state index contributed by atoms with van der Waals surface area (Å²) >= 11 is 0. The van der Waals surface area contributed by atoms with Crippen molar-refractivity contribution in [3.8, 4) is 0 Å². The highest BCUT2D eigenvalue weighted by atomic mass is 16.2. The minimum Gasteiger partial charge on any atom is -0.308 e.